The Balaban J connectivity index is 1.69. The van der Waals surface area contributed by atoms with Crippen LogP contribution in [0.3, 0.4) is 0 Å². The Labute approximate surface area is 151 Å². The van der Waals surface area contributed by atoms with E-state index in [1.54, 1.807) is 25.0 Å². The second kappa shape index (κ2) is 7.45. The van der Waals surface area contributed by atoms with Gasteiger partial charge in [-0.1, -0.05) is 0 Å². The summed E-state index contributed by atoms with van der Waals surface area (Å²) in [5.74, 6) is -0.00335. The van der Waals surface area contributed by atoms with Crippen molar-refractivity contribution >= 4 is 17.1 Å². The lowest BCUT2D eigenvalue weighted by Gasteiger charge is -2.32. The highest BCUT2D eigenvalue weighted by molar-refractivity contribution is 5.73. The molecule has 1 unspecified atom stereocenters. The van der Waals surface area contributed by atoms with Crippen LogP contribution in [0.5, 0.6) is 0 Å². The lowest BCUT2D eigenvalue weighted by Crippen LogP contribution is -2.47. The molecule has 1 atom stereocenters. The van der Waals surface area contributed by atoms with Gasteiger partial charge in [0, 0.05) is 40.2 Å². The van der Waals surface area contributed by atoms with E-state index in [2.05, 4.69) is 15.2 Å². The van der Waals surface area contributed by atoms with E-state index in [-0.39, 0.29) is 23.2 Å². The molecule has 0 aliphatic carbocycles. The number of hydrogen-bond acceptors (Lipinski definition) is 5. The van der Waals surface area contributed by atoms with Crippen LogP contribution in [-0.2, 0) is 25.4 Å². The van der Waals surface area contributed by atoms with Gasteiger partial charge in [0.2, 0.25) is 5.91 Å². The molecule has 3 heterocycles. The summed E-state index contributed by atoms with van der Waals surface area (Å²) in [5, 5.41) is 2.97. The highest BCUT2D eigenvalue weighted by Gasteiger charge is 2.20. The molecule has 1 N–H and O–H groups in total. The fraction of sp³-hybridized carbons (Fsp3) is 0.647. The SMILES string of the molecule is CC(=O)NC1CCCN(CCCn2c(=O)c3c(ncn3C)n(C)c2=O)C1. The molecule has 1 aliphatic rings. The van der Waals surface area contributed by atoms with Gasteiger partial charge in [-0.05, 0) is 32.4 Å². The highest BCUT2D eigenvalue weighted by Crippen LogP contribution is 2.10. The van der Waals surface area contributed by atoms with Gasteiger partial charge in [-0.2, -0.15) is 0 Å². The summed E-state index contributed by atoms with van der Waals surface area (Å²) in [6.07, 6.45) is 4.28. The van der Waals surface area contributed by atoms with Gasteiger partial charge in [0.1, 0.15) is 0 Å². The monoisotopic (exact) mass is 362 g/mol. The maximum atomic E-state index is 12.7. The van der Waals surface area contributed by atoms with Crippen molar-refractivity contribution < 1.29 is 4.79 Å². The van der Waals surface area contributed by atoms with Crippen molar-refractivity contribution in [2.45, 2.75) is 38.8 Å². The summed E-state index contributed by atoms with van der Waals surface area (Å²) in [6, 6.07) is 0.183. The van der Waals surface area contributed by atoms with Gasteiger partial charge in [-0.25, -0.2) is 9.78 Å². The van der Waals surface area contributed by atoms with Crippen LogP contribution in [0.15, 0.2) is 15.9 Å². The summed E-state index contributed by atoms with van der Waals surface area (Å²) < 4.78 is 4.36. The quantitative estimate of drug-likeness (QED) is 0.768. The Morgan fingerprint density at radius 3 is 2.81 bits per heavy atom. The van der Waals surface area contributed by atoms with Gasteiger partial charge in [0.25, 0.3) is 5.56 Å². The van der Waals surface area contributed by atoms with Crippen LogP contribution >= 0.6 is 0 Å². The van der Waals surface area contributed by atoms with Crippen molar-refractivity contribution in [1.29, 1.82) is 0 Å². The van der Waals surface area contributed by atoms with E-state index in [0.29, 0.717) is 24.1 Å². The molecule has 1 saturated heterocycles. The fourth-order valence-electron chi connectivity index (χ4n) is 3.71. The number of piperidine rings is 1. The highest BCUT2D eigenvalue weighted by atomic mass is 16.2. The Hall–Kier alpha value is -2.42. The van der Waals surface area contributed by atoms with Crippen LogP contribution in [0.4, 0.5) is 0 Å². The van der Waals surface area contributed by atoms with Crippen molar-refractivity contribution in [2.24, 2.45) is 14.1 Å². The normalized spacial score (nSPS) is 18.3. The first-order chi connectivity index (χ1) is 12.4. The summed E-state index contributed by atoms with van der Waals surface area (Å²) in [7, 11) is 3.39. The van der Waals surface area contributed by atoms with Crippen LogP contribution in [-0.4, -0.2) is 55.2 Å². The third-order valence-electron chi connectivity index (χ3n) is 4.97. The average Bonchev–Trinajstić information content (AvgIpc) is 2.98. The molecule has 0 bridgehead atoms. The maximum Gasteiger partial charge on any atom is 0.332 e. The zero-order chi connectivity index (χ0) is 18.8. The van der Waals surface area contributed by atoms with Gasteiger partial charge in [-0.15, -0.1) is 0 Å². The van der Waals surface area contributed by atoms with Crippen molar-refractivity contribution in [3.8, 4) is 0 Å². The van der Waals surface area contributed by atoms with Gasteiger partial charge < -0.3 is 14.8 Å². The number of nitrogens with one attached hydrogen (secondary N) is 1. The molecular weight excluding hydrogens is 336 g/mol. The van der Waals surface area contributed by atoms with E-state index in [9.17, 15) is 14.4 Å². The predicted octanol–water partition coefficient (Wildman–Crippen LogP) is -0.576. The number of amides is 1. The molecule has 0 spiro atoms. The number of imidazole rings is 1. The lowest BCUT2D eigenvalue weighted by atomic mass is 10.1. The first-order valence-corrected chi connectivity index (χ1v) is 8.98. The largest absolute Gasteiger partial charge is 0.352 e. The molecular formula is C17H26N6O3. The van der Waals surface area contributed by atoms with Gasteiger partial charge in [0.15, 0.2) is 11.2 Å². The maximum absolute atomic E-state index is 12.7. The molecule has 1 aliphatic heterocycles. The minimum Gasteiger partial charge on any atom is -0.352 e. The van der Waals surface area contributed by atoms with E-state index in [4.69, 9.17) is 0 Å². The molecule has 142 valence electrons. The summed E-state index contributed by atoms with van der Waals surface area (Å²) in [4.78, 5) is 42.8. The first kappa shape index (κ1) is 18.4. The molecule has 0 aromatic carbocycles. The molecule has 26 heavy (non-hydrogen) atoms. The fourth-order valence-corrected chi connectivity index (χ4v) is 3.71. The molecule has 9 heteroatoms. The minimum absolute atomic E-state index is 0.00335. The van der Waals surface area contributed by atoms with Crippen LogP contribution in [0, 0.1) is 0 Å². The number of aryl methyl sites for hydroxylation is 2. The number of rotatable bonds is 5. The number of fused-ring (bicyclic) bond motifs is 1. The van der Waals surface area contributed by atoms with Gasteiger partial charge >= 0.3 is 5.69 Å². The second-order valence-electron chi connectivity index (χ2n) is 7.02. The summed E-state index contributed by atoms with van der Waals surface area (Å²) in [6.45, 7) is 4.48. The smallest absolute Gasteiger partial charge is 0.332 e. The molecule has 0 radical (unpaired) electrons. The zero-order valence-corrected chi connectivity index (χ0v) is 15.6. The van der Waals surface area contributed by atoms with Crippen molar-refractivity contribution in [2.75, 3.05) is 19.6 Å². The average molecular weight is 362 g/mol. The minimum atomic E-state index is -0.337. The summed E-state index contributed by atoms with van der Waals surface area (Å²) >= 11 is 0. The first-order valence-electron chi connectivity index (χ1n) is 8.98. The topological polar surface area (TPSA) is 94.2 Å². The van der Waals surface area contributed by atoms with Gasteiger partial charge in [-0.3, -0.25) is 18.7 Å². The molecule has 1 fully saturated rings. The lowest BCUT2D eigenvalue weighted by molar-refractivity contribution is -0.120. The zero-order valence-electron chi connectivity index (χ0n) is 15.6. The molecule has 3 rings (SSSR count). The Kier molecular flexibility index (Phi) is 5.26. The number of carbonyl (C=O) groups excluding carboxylic acids is 1. The van der Waals surface area contributed by atoms with E-state index < -0.39 is 0 Å². The van der Waals surface area contributed by atoms with Gasteiger partial charge in [0.05, 0.1) is 6.33 Å². The third-order valence-corrected chi connectivity index (χ3v) is 4.97. The molecule has 2 aromatic rings. The van der Waals surface area contributed by atoms with Crippen LogP contribution in [0.1, 0.15) is 26.2 Å². The van der Waals surface area contributed by atoms with Crippen molar-refractivity contribution in [1.82, 2.24) is 28.9 Å². The third kappa shape index (κ3) is 3.57. The Morgan fingerprint density at radius 2 is 2.08 bits per heavy atom. The second-order valence-corrected chi connectivity index (χ2v) is 7.02. The number of nitrogens with zero attached hydrogens (tertiary/aromatic N) is 5. The number of aromatic nitrogens is 4. The standard InChI is InChI=1S/C17H26N6O3/c1-12(24)19-13-6-4-7-22(10-13)8-5-9-23-16(25)14-15(18-11-20(14)2)21(3)17(23)26/h11,13H,4-10H2,1-3H3,(H,19,24). The predicted molar refractivity (Wildman–Crippen MR) is 98.1 cm³/mol. The molecule has 9 nitrogen and oxygen atoms in total. The van der Waals surface area contributed by atoms with Crippen LogP contribution < -0.4 is 16.6 Å². The van der Waals surface area contributed by atoms with Crippen LogP contribution in [0.2, 0.25) is 0 Å². The molecule has 0 saturated carbocycles. The van der Waals surface area contributed by atoms with E-state index in [1.807, 2.05) is 0 Å². The van der Waals surface area contributed by atoms with E-state index in [0.717, 1.165) is 32.5 Å². The number of hydrogen-bond donors (Lipinski definition) is 1. The number of likely N-dealkylation sites (tertiary alicyclic amines) is 1. The van der Waals surface area contributed by atoms with Crippen molar-refractivity contribution in [3.05, 3.63) is 27.2 Å². The van der Waals surface area contributed by atoms with Crippen LogP contribution in [0.25, 0.3) is 11.2 Å². The van der Waals surface area contributed by atoms with E-state index >= 15 is 0 Å². The van der Waals surface area contributed by atoms with Crippen molar-refractivity contribution in [3.63, 3.8) is 0 Å². The molecule has 2 aromatic heterocycles. The Bertz CT molecular complexity index is 925. The van der Waals surface area contributed by atoms with E-state index in [1.165, 1.54) is 16.1 Å². The molecule has 1 amide bonds. The summed E-state index contributed by atoms with van der Waals surface area (Å²) in [5.41, 5.74) is 0.220. The number of carbonyl (C=O) groups is 1. The Morgan fingerprint density at radius 1 is 1.31 bits per heavy atom.